The van der Waals surface area contributed by atoms with E-state index in [1.165, 1.54) is 11.3 Å². The van der Waals surface area contributed by atoms with Gasteiger partial charge < -0.3 is 10.2 Å². The number of para-hydroxylation sites is 1. The zero-order valence-corrected chi connectivity index (χ0v) is 11.3. The molecule has 1 amide bonds. The molecule has 0 unspecified atom stereocenters. The van der Waals surface area contributed by atoms with Crippen LogP contribution >= 0.6 is 11.3 Å². The topological polar surface area (TPSA) is 54.3 Å². The number of nitrogens with zero attached hydrogens (tertiary/aromatic N) is 2. The van der Waals surface area contributed by atoms with Crippen molar-refractivity contribution in [3.8, 4) is 0 Å². The minimum Gasteiger partial charge on any atom is -0.339 e. The van der Waals surface area contributed by atoms with Crippen molar-refractivity contribution in [2.75, 3.05) is 26.2 Å². The van der Waals surface area contributed by atoms with E-state index < -0.39 is 0 Å². The molecule has 0 atom stereocenters. The van der Waals surface area contributed by atoms with Crippen molar-refractivity contribution in [1.82, 2.24) is 14.8 Å². The van der Waals surface area contributed by atoms with Crippen LogP contribution in [0.4, 0.5) is 0 Å². The molecule has 1 aromatic heterocycles. The van der Waals surface area contributed by atoms with E-state index in [0.717, 1.165) is 36.4 Å². The van der Waals surface area contributed by atoms with E-state index >= 15 is 0 Å². The number of carbonyl (C=O) groups excluding carboxylic acids is 1. The minimum atomic E-state index is -0.0651. The summed E-state index contributed by atoms with van der Waals surface area (Å²) in [5, 5.41) is 3.21. The second-order valence-electron chi connectivity index (χ2n) is 4.55. The Balaban J connectivity index is 1.86. The van der Waals surface area contributed by atoms with E-state index in [9.17, 15) is 9.59 Å². The molecule has 1 saturated heterocycles. The summed E-state index contributed by atoms with van der Waals surface area (Å²) in [6.07, 6.45) is 0. The Hall–Kier alpha value is -1.66. The average Bonchev–Trinajstić information content (AvgIpc) is 2.76. The molecule has 1 aliphatic rings. The van der Waals surface area contributed by atoms with Gasteiger partial charge in [0.2, 0.25) is 5.91 Å². The number of nitrogens with one attached hydrogen (secondary N) is 1. The summed E-state index contributed by atoms with van der Waals surface area (Å²) in [5.74, 6) is 0.0205. The highest BCUT2D eigenvalue weighted by Crippen LogP contribution is 2.16. The molecule has 19 heavy (non-hydrogen) atoms. The zero-order chi connectivity index (χ0) is 13.2. The number of rotatable bonds is 2. The molecule has 1 aliphatic heterocycles. The van der Waals surface area contributed by atoms with Crippen LogP contribution in [-0.2, 0) is 11.3 Å². The van der Waals surface area contributed by atoms with Gasteiger partial charge in [-0.25, -0.2) is 0 Å². The maximum Gasteiger partial charge on any atom is 0.308 e. The molecular weight excluding hydrogens is 262 g/mol. The highest BCUT2D eigenvalue weighted by atomic mass is 32.1. The molecule has 0 bridgehead atoms. The van der Waals surface area contributed by atoms with Gasteiger partial charge in [0.15, 0.2) is 0 Å². The molecule has 0 saturated carbocycles. The van der Waals surface area contributed by atoms with Crippen LogP contribution < -0.4 is 10.2 Å². The van der Waals surface area contributed by atoms with Crippen molar-refractivity contribution >= 4 is 27.5 Å². The summed E-state index contributed by atoms with van der Waals surface area (Å²) in [4.78, 5) is 25.9. The van der Waals surface area contributed by atoms with Crippen LogP contribution in [0.3, 0.4) is 0 Å². The van der Waals surface area contributed by atoms with Crippen LogP contribution in [0.25, 0.3) is 10.2 Å². The summed E-state index contributed by atoms with van der Waals surface area (Å²) >= 11 is 1.19. The Bertz CT molecular complexity index is 655. The highest BCUT2D eigenvalue weighted by Gasteiger charge is 2.18. The number of fused-ring (bicyclic) bond motifs is 1. The zero-order valence-electron chi connectivity index (χ0n) is 10.5. The SMILES string of the molecule is O=C(Cn1c(=O)sc2ccccc21)N1CCNCC1. The maximum absolute atomic E-state index is 12.2. The fraction of sp³-hybridized carbons (Fsp3) is 0.385. The van der Waals surface area contributed by atoms with Crippen molar-refractivity contribution < 1.29 is 4.79 Å². The summed E-state index contributed by atoms with van der Waals surface area (Å²) in [6.45, 7) is 3.23. The van der Waals surface area contributed by atoms with E-state index in [1.807, 2.05) is 29.2 Å². The lowest BCUT2D eigenvalue weighted by atomic mass is 10.3. The third-order valence-electron chi connectivity index (χ3n) is 3.34. The minimum absolute atomic E-state index is 0.0205. The molecule has 2 heterocycles. The Kier molecular flexibility index (Phi) is 3.35. The summed E-state index contributed by atoms with van der Waals surface area (Å²) in [7, 11) is 0. The van der Waals surface area contributed by atoms with Gasteiger partial charge in [-0.2, -0.15) is 0 Å². The van der Waals surface area contributed by atoms with Crippen molar-refractivity contribution in [3.63, 3.8) is 0 Å². The number of hydrogen-bond acceptors (Lipinski definition) is 4. The largest absolute Gasteiger partial charge is 0.339 e. The first-order valence-electron chi connectivity index (χ1n) is 6.32. The summed E-state index contributed by atoms with van der Waals surface area (Å²) in [6, 6.07) is 7.59. The third kappa shape index (κ3) is 2.41. The fourth-order valence-corrected chi connectivity index (χ4v) is 3.20. The van der Waals surface area contributed by atoms with Crippen molar-refractivity contribution in [2.45, 2.75) is 6.54 Å². The van der Waals surface area contributed by atoms with Crippen molar-refractivity contribution in [2.24, 2.45) is 0 Å². The van der Waals surface area contributed by atoms with E-state index in [-0.39, 0.29) is 17.3 Å². The molecule has 1 fully saturated rings. The third-order valence-corrected chi connectivity index (χ3v) is 4.30. The van der Waals surface area contributed by atoms with Gasteiger partial charge in [0.1, 0.15) is 6.54 Å². The first-order chi connectivity index (χ1) is 9.25. The standard InChI is InChI=1S/C13H15N3O2S/c17-12(15-7-5-14-6-8-15)9-16-10-3-1-2-4-11(10)19-13(16)18/h1-4,14H,5-9H2. The van der Waals surface area contributed by atoms with Crippen LogP contribution in [0.5, 0.6) is 0 Å². The van der Waals surface area contributed by atoms with E-state index in [0.29, 0.717) is 0 Å². The molecule has 1 N–H and O–H groups in total. The molecule has 0 aliphatic carbocycles. The highest BCUT2D eigenvalue weighted by molar-refractivity contribution is 7.16. The van der Waals surface area contributed by atoms with Crippen LogP contribution in [-0.4, -0.2) is 41.6 Å². The van der Waals surface area contributed by atoms with Crippen molar-refractivity contribution in [3.05, 3.63) is 33.9 Å². The molecule has 0 radical (unpaired) electrons. The first kappa shape index (κ1) is 12.4. The lowest BCUT2D eigenvalue weighted by molar-refractivity contribution is -0.132. The Labute approximate surface area is 114 Å². The number of benzene rings is 1. The lowest BCUT2D eigenvalue weighted by Gasteiger charge is -2.27. The summed E-state index contributed by atoms with van der Waals surface area (Å²) in [5.41, 5.74) is 0.848. The van der Waals surface area contributed by atoms with Crippen molar-refractivity contribution in [1.29, 1.82) is 0 Å². The van der Waals surface area contributed by atoms with Gasteiger partial charge in [0.05, 0.1) is 10.2 Å². The van der Waals surface area contributed by atoms with Gasteiger partial charge in [0, 0.05) is 26.2 Å². The maximum atomic E-state index is 12.2. The first-order valence-corrected chi connectivity index (χ1v) is 7.14. The lowest BCUT2D eigenvalue weighted by Crippen LogP contribution is -2.47. The van der Waals surface area contributed by atoms with E-state index in [1.54, 1.807) is 4.57 Å². The van der Waals surface area contributed by atoms with Crippen LogP contribution in [0.15, 0.2) is 29.1 Å². The molecular formula is C13H15N3O2S. The number of thiazole rings is 1. The number of hydrogen-bond donors (Lipinski definition) is 1. The Morgan fingerprint density at radius 1 is 1.26 bits per heavy atom. The molecule has 3 rings (SSSR count). The average molecular weight is 277 g/mol. The van der Waals surface area contributed by atoms with Gasteiger partial charge in [-0.3, -0.25) is 14.2 Å². The molecule has 0 spiro atoms. The Morgan fingerprint density at radius 3 is 2.79 bits per heavy atom. The monoisotopic (exact) mass is 277 g/mol. The fourth-order valence-electron chi connectivity index (χ4n) is 2.31. The quantitative estimate of drug-likeness (QED) is 0.869. The number of piperazine rings is 1. The van der Waals surface area contributed by atoms with E-state index in [2.05, 4.69) is 5.32 Å². The predicted octanol–water partition coefficient (Wildman–Crippen LogP) is 0.495. The normalized spacial score (nSPS) is 15.9. The number of aromatic nitrogens is 1. The predicted molar refractivity (Wildman–Crippen MR) is 75.5 cm³/mol. The van der Waals surface area contributed by atoms with Gasteiger partial charge in [0.25, 0.3) is 0 Å². The molecule has 5 nitrogen and oxygen atoms in total. The van der Waals surface area contributed by atoms with Gasteiger partial charge in [-0.1, -0.05) is 23.5 Å². The number of amides is 1. The molecule has 6 heteroatoms. The molecule has 1 aromatic carbocycles. The molecule has 100 valence electrons. The van der Waals surface area contributed by atoms with Crippen LogP contribution in [0.2, 0.25) is 0 Å². The second kappa shape index (κ2) is 5.14. The smallest absolute Gasteiger partial charge is 0.308 e. The van der Waals surface area contributed by atoms with Crippen LogP contribution in [0.1, 0.15) is 0 Å². The summed E-state index contributed by atoms with van der Waals surface area (Å²) < 4.78 is 2.50. The van der Waals surface area contributed by atoms with Crippen LogP contribution in [0, 0.1) is 0 Å². The van der Waals surface area contributed by atoms with E-state index in [4.69, 9.17) is 0 Å². The Morgan fingerprint density at radius 2 is 2.00 bits per heavy atom. The van der Waals surface area contributed by atoms with Gasteiger partial charge in [-0.15, -0.1) is 0 Å². The van der Waals surface area contributed by atoms with Gasteiger partial charge >= 0.3 is 4.87 Å². The van der Waals surface area contributed by atoms with Gasteiger partial charge in [-0.05, 0) is 12.1 Å². The second-order valence-corrected chi connectivity index (χ2v) is 5.55. The number of carbonyl (C=O) groups is 1. The molecule has 2 aromatic rings.